The first kappa shape index (κ1) is 40.9. The monoisotopic (exact) mass is 325 g/mol. The fourth-order valence-electron chi connectivity index (χ4n) is 0. The van der Waals surface area contributed by atoms with Crippen molar-refractivity contribution in [2.75, 3.05) is 0 Å². The van der Waals surface area contributed by atoms with Crippen molar-refractivity contribution in [3.8, 4) is 0 Å². The molecule has 0 nitrogen and oxygen atoms in total. The van der Waals surface area contributed by atoms with E-state index in [1.165, 1.54) is 0 Å². The predicted molar refractivity (Wildman–Crippen MR) is 37.4 cm³/mol. The summed E-state index contributed by atoms with van der Waals surface area (Å²) in [4.78, 5) is 0. The van der Waals surface area contributed by atoms with Gasteiger partial charge in [0.1, 0.15) is 0 Å². The number of halogens is 2. The van der Waals surface area contributed by atoms with Crippen molar-refractivity contribution in [3.05, 3.63) is 29.7 Å². The third-order valence-electron chi connectivity index (χ3n) is 0. The molecule has 56 valence electrons. The average molecular weight is 326 g/mol. The molecule has 0 aliphatic carbocycles. The van der Waals surface area contributed by atoms with Gasteiger partial charge in [-0.1, -0.05) is 0 Å². The molecule has 0 amide bonds. The summed E-state index contributed by atoms with van der Waals surface area (Å²) >= 11 is -0.472. The molecule has 0 bridgehead atoms. The number of hydrogen-bond acceptors (Lipinski definition) is 0. The summed E-state index contributed by atoms with van der Waals surface area (Å²) < 4.78 is 0. The van der Waals surface area contributed by atoms with Crippen LogP contribution < -0.4 is 0 Å². The van der Waals surface area contributed by atoms with Crippen LogP contribution in [0.4, 0.5) is 0 Å². The molecule has 0 aliphatic heterocycles. The van der Waals surface area contributed by atoms with Crippen molar-refractivity contribution in [1.29, 1.82) is 0 Å². The standard InChI is InChI=1S/4CH3.2ClH.Pt/h4*1H3;2*1H;/q4*-1;;;+2/p-2. The van der Waals surface area contributed by atoms with Gasteiger partial charge in [0.2, 0.25) is 0 Å². The van der Waals surface area contributed by atoms with Gasteiger partial charge in [-0.2, -0.15) is 0 Å². The Labute approximate surface area is 65.0 Å². The summed E-state index contributed by atoms with van der Waals surface area (Å²) in [5.41, 5.74) is 0. The van der Waals surface area contributed by atoms with Crippen LogP contribution in [0.25, 0.3) is 0 Å². The number of rotatable bonds is 0. The van der Waals surface area contributed by atoms with Gasteiger partial charge in [0, 0.05) is 0 Å². The Hall–Kier alpha value is 1.27. The molecular weight excluding hydrogens is 314 g/mol. The van der Waals surface area contributed by atoms with E-state index in [1.54, 1.807) is 0 Å². The zero-order valence-corrected chi connectivity index (χ0v) is 8.86. The van der Waals surface area contributed by atoms with Gasteiger partial charge in [-0.15, -0.1) is 0 Å². The van der Waals surface area contributed by atoms with Crippen molar-refractivity contribution in [2.24, 2.45) is 0 Å². The topological polar surface area (TPSA) is 0 Å². The summed E-state index contributed by atoms with van der Waals surface area (Å²) in [5, 5.41) is 0. The summed E-state index contributed by atoms with van der Waals surface area (Å²) in [5.74, 6) is 0. The van der Waals surface area contributed by atoms with Crippen LogP contribution in [0.15, 0.2) is 0 Å². The Balaban J connectivity index is -0.00000000333. The molecule has 0 atom stereocenters. The van der Waals surface area contributed by atoms with Crippen molar-refractivity contribution in [2.45, 2.75) is 0 Å². The fourth-order valence-corrected chi connectivity index (χ4v) is 0. The van der Waals surface area contributed by atoms with E-state index in [0.717, 1.165) is 0 Å². The molecule has 0 unspecified atom stereocenters. The van der Waals surface area contributed by atoms with Crippen LogP contribution in [0.3, 0.4) is 0 Å². The van der Waals surface area contributed by atoms with Crippen LogP contribution in [0, 0.1) is 29.7 Å². The second-order valence-corrected chi connectivity index (χ2v) is 3.33. The molecule has 0 aromatic carbocycles. The minimum atomic E-state index is -0.472. The number of hydrogen-bond donors (Lipinski definition) is 0. The van der Waals surface area contributed by atoms with Crippen molar-refractivity contribution in [1.82, 2.24) is 0 Å². The van der Waals surface area contributed by atoms with E-state index >= 15 is 0 Å². The van der Waals surface area contributed by atoms with Crippen LogP contribution in [-0.4, -0.2) is 0 Å². The first-order chi connectivity index (χ1) is 1.41. The molecule has 7 heavy (non-hydrogen) atoms. The third-order valence-corrected chi connectivity index (χ3v) is 0. The zero-order chi connectivity index (χ0) is 2.71. The van der Waals surface area contributed by atoms with E-state index in [-0.39, 0.29) is 29.7 Å². The van der Waals surface area contributed by atoms with E-state index < -0.39 is 16.5 Å². The Morgan fingerprint density at radius 2 is 0.714 bits per heavy atom. The van der Waals surface area contributed by atoms with E-state index in [4.69, 9.17) is 18.8 Å². The third kappa shape index (κ3) is 125. The van der Waals surface area contributed by atoms with E-state index in [0.29, 0.717) is 0 Å². The fraction of sp³-hybridized carbons (Fsp3) is 0. The molecule has 0 spiro atoms. The molecule has 0 aromatic rings. The van der Waals surface area contributed by atoms with Gasteiger partial charge < -0.3 is 29.7 Å². The summed E-state index contributed by atoms with van der Waals surface area (Å²) in [6, 6.07) is 0. The van der Waals surface area contributed by atoms with Gasteiger partial charge in [0.25, 0.3) is 0 Å². The second kappa shape index (κ2) is 55.5. The van der Waals surface area contributed by atoms with Crippen LogP contribution in [0.1, 0.15) is 0 Å². The molecule has 0 radical (unpaired) electrons. The molecular formula is C4H12Cl2Pt-4. The van der Waals surface area contributed by atoms with Gasteiger partial charge in [-0.3, -0.25) is 0 Å². The predicted octanol–water partition coefficient (Wildman–Crippen LogP) is 3.18. The van der Waals surface area contributed by atoms with Crippen molar-refractivity contribution >= 4 is 18.8 Å². The van der Waals surface area contributed by atoms with Crippen LogP contribution in [0.2, 0.25) is 0 Å². The normalized spacial score (nSPS) is 3.14. The molecule has 0 heterocycles. The van der Waals surface area contributed by atoms with Crippen LogP contribution >= 0.6 is 18.8 Å². The molecule has 0 saturated heterocycles. The zero-order valence-electron chi connectivity index (χ0n) is 5.07. The summed E-state index contributed by atoms with van der Waals surface area (Å²) in [6.07, 6.45) is 0. The van der Waals surface area contributed by atoms with E-state index in [9.17, 15) is 0 Å². The Kier molecular flexibility index (Phi) is 324. The Morgan fingerprint density at radius 3 is 0.714 bits per heavy atom. The molecule has 0 aliphatic rings. The molecule has 0 aromatic heterocycles. The molecule has 0 N–H and O–H groups in total. The molecule has 0 saturated carbocycles. The second-order valence-electron chi connectivity index (χ2n) is 0.0452. The Bertz CT molecular complexity index is 9.65. The quantitative estimate of drug-likeness (QED) is 0.600. The van der Waals surface area contributed by atoms with Crippen LogP contribution in [-0.2, 0) is 16.5 Å². The van der Waals surface area contributed by atoms with Gasteiger partial charge in [0.05, 0.1) is 0 Å². The maximum absolute atomic E-state index is 4.88. The minimum absolute atomic E-state index is 0. The summed E-state index contributed by atoms with van der Waals surface area (Å²) in [7, 11) is 9.75. The maximum atomic E-state index is 4.88. The average Bonchev–Trinajstić information content (AvgIpc) is 0.918. The first-order valence-electron chi connectivity index (χ1n) is 0.239. The molecule has 0 fully saturated rings. The first-order valence-corrected chi connectivity index (χ1v) is 5.87. The SMILES string of the molecule is [CH3-].[CH3-].[CH3-].[CH3-].[Cl][Pt][Cl]. The van der Waals surface area contributed by atoms with Gasteiger partial charge in [-0.05, 0) is 0 Å². The molecule has 3 heteroatoms. The summed E-state index contributed by atoms with van der Waals surface area (Å²) in [6.45, 7) is 0. The van der Waals surface area contributed by atoms with Crippen LogP contribution in [0.5, 0.6) is 0 Å². The van der Waals surface area contributed by atoms with E-state index in [2.05, 4.69) is 0 Å². The van der Waals surface area contributed by atoms with E-state index in [1.807, 2.05) is 0 Å². The molecule has 0 rings (SSSR count). The van der Waals surface area contributed by atoms with Gasteiger partial charge >= 0.3 is 35.3 Å². The van der Waals surface area contributed by atoms with Crippen molar-refractivity contribution in [3.63, 3.8) is 0 Å². The Morgan fingerprint density at radius 1 is 0.714 bits per heavy atom. The van der Waals surface area contributed by atoms with Gasteiger partial charge in [-0.25, -0.2) is 0 Å². The van der Waals surface area contributed by atoms with Gasteiger partial charge in [0.15, 0.2) is 0 Å². The van der Waals surface area contributed by atoms with Crippen molar-refractivity contribution < 1.29 is 16.5 Å².